The normalized spacial score (nSPS) is 10.6. The van der Waals surface area contributed by atoms with Crippen LogP contribution in [0.5, 0.6) is 11.6 Å². The summed E-state index contributed by atoms with van der Waals surface area (Å²) in [5.74, 6) is 1.92. The first-order chi connectivity index (χ1) is 8.58. The summed E-state index contributed by atoms with van der Waals surface area (Å²) in [6.07, 6.45) is 0. The highest BCUT2D eigenvalue weighted by atomic mass is 16.5. The Morgan fingerprint density at radius 2 is 1.78 bits per heavy atom. The number of nitrogens with two attached hydrogens (primary N) is 2. The SMILES string of the molecule is CC(C)c1ccccc1Oc1ccc(N)c(N)n1. The summed E-state index contributed by atoms with van der Waals surface area (Å²) < 4.78 is 5.76. The Hall–Kier alpha value is -2.23. The number of rotatable bonds is 3. The molecule has 94 valence electrons. The number of hydrogen-bond acceptors (Lipinski definition) is 4. The third-order valence-electron chi connectivity index (χ3n) is 2.69. The van der Waals surface area contributed by atoms with Crippen molar-refractivity contribution in [3.8, 4) is 11.6 Å². The van der Waals surface area contributed by atoms with Gasteiger partial charge < -0.3 is 16.2 Å². The summed E-state index contributed by atoms with van der Waals surface area (Å²) in [6.45, 7) is 4.24. The van der Waals surface area contributed by atoms with Crippen molar-refractivity contribution in [2.45, 2.75) is 19.8 Å². The molecule has 0 saturated heterocycles. The van der Waals surface area contributed by atoms with Crippen molar-refractivity contribution in [1.29, 1.82) is 0 Å². The number of para-hydroxylation sites is 1. The third-order valence-corrected chi connectivity index (χ3v) is 2.69. The molecule has 0 aliphatic carbocycles. The predicted molar refractivity (Wildman–Crippen MR) is 73.7 cm³/mol. The number of nitrogen functional groups attached to an aromatic ring is 2. The van der Waals surface area contributed by atoms with Gasteiger partial charge in [-0.05, 0) is 23.6 Å². The van der Waals surface area contributed by atoms with Crippen molar-refractivity contribution < 1.29 is 4.74 Å². The van der Waals surface area contributed by atoms with Gasteiger partial charge in [0.15, 0.2) is 5.82 Å². The van der Waals surface area contributed by atoms with Crippen molar-refractivity contribution in [2.24, 2.45) is 0 Å². The van der Waals surface area contributed by atoms with Crippen LogP contribution in [0.1, 0.15) is 25.3 Å². The van der Waals surface area contributed by atoms with E-state index in [9.17, 15) is 0 Å². The number of aromatic nitrogens is 1. The van der Waals surface area contributed by atoms with Gasteiger partial charge in [-0.3, -0.25) is 0 Å². The molecule has 1 aromatic carbocycles. The molecule has 0 amide bonds. The minimum atomic E-state index is 0.287. The fourth-order valence-corrected chi connectivity index (χ4v) is 1.69. The van der Waals surface area contributed by atoms with Crippen molar-refractivity contribution in [3.05, 3.63) is 42.0 Å². The van der Waals surface area contributed by atoms with Gasteiger partial charge in [-0.2, -0.15) is 4.98 Å². The zero-order valence-electron chi connectivity index (χ0n) is 10.6. The Bertz CT molecular complexity index is 552. The molecular formula is C14H17N3O. The molecule has 0 saturated carbocycles. The molecule has 1 aromatic heterocycles. The molecule has 4 N–H and O–H groups in total. The lowest BCUT2D eigenvalue weighted by atomic mass is 10.0. The zero-order valence-corrected chi connectivity index (χ0v) is 10.6. The number of benzene rings is 1. The molecular weight excluding hydrogens is 226 g/mol. The molecule has 4 nitrogen and oxygen atoms in total. The summed E-state index contributed by atoms with van der Waals surface area (Å²) in [4.78, 5) is 4.10. The van der Waals surface area contributed by atoms with Gasteiger partial charge in [0.1, 0.15) is 5.75 Å². The van der Waals surface area contributed by atoms with Crippen LogP contribution in [0.3, 0.4) is 0 Å². The first kappa shape index (κ1) is 12.2. The molecule has 4 heteroatoms. The maximum Gasteiger partial charge on any atom is 0.221 e. The van der Waals surface area contributed by atoms with Gasteiger partial charge in [-0.1, -0.05) is 32.0 Å². The first-order valence-electron chi connectivity index (χ1n) is 5.86. The molecule has 0 aliphatic heterocycles. The molecule has 0 aliphatic rings. The van der Waals surface area contributed by atoms with Crippen LogP contribution in [0.15, 0.2) is 36.4 Å². The summed E-state index contributed by atoms with van der Waals surface area (Å²) in [6, 6.07) is 11.3. The molecule has 18 heavy (non-hydrogen) atoms. The standard InChI is InChI=1S/C14H17N3O/c1-9(2)10-5-3-4-6-12(10)18-13-8-7-11(15)14(16)17-13/h3-9H,15H2,1-2H3,(H2,16,17). The Balaban J connectivity index is 2.31. The largest absolute Gasteiger partial charge is 0.439 e. The molecule has 1 heterocycles. The van der Waals surface area contributed by atoms with E-state index < -0.39 is 0 Å². The van der Waals surface area contributed by atoms with Crippen LogP contribution >= 0.6 is 0 Å². The second-order valence-corrected chi connectivity index (χ2v) is 4.42. The van der Waals surface area contributed by atoms with Crippen LogP contribution in [-0.4, -0.2) is 4.98 Å². The first-order valence-corrected chi connectivity index (χ1v) is 5.86. The molecule has 2 aromatic rings. The number of ether oxygens (including phenoxy) is 1. The van der Waals surface area contributed by atoms with Crippen LogP contribution in [-0.2, 0) is 0 Å². The van der Waals surface area contributed by atoms with Gasteiger partial charge >= 0.3 is 0 Å². The van der Waals surface area contributed by atoms with Crippen molar-refractivity contribution >= 4 is 11.5 Å². The number of hydrogen-bond donors (Lipinski definition) is 2. The second kappa shape index (κ2) is 4.96. The molecule has 0 fully saturated rings. The summed E-state index contributed by atoms with van der Waals surface area (Å²) in [5.41, 5.74) is 12.9. The van der Waals surface area contributed by atoms with E-state index in [-0.39, 0.29) is 5.82 Å². The van der Waals surface area contributed by atoms with E-state index in [1.165, 1.54) is 0 Å². The van der Waals surface area contributed by atoms with Crippen molar-refractivity contribution in [3.63, 3.8) is 0 Å². The lowest BCUT2D eigenvalue weighted by Crippen LogP contribution is -2.00. The van der Waals surface area contributed by atoms with E-state index in [0.29, 0.717) is 17.5 Å². The maximum atomic E-state index is 5.76. The van der Waals surface area contributed by atoms with Crippen LogP contribution in [0.25, 0.3) is 0 Å². The van der Waals surface area contributed by atoms with Crippen LogP contribution in [0.4, 0.5) is 11.5 Å². The maximum absolute atomic E-state index is 5.76. The Morgan fingerprint density at radius 3 is 2.44 bits per heavy atom. The van der Waals surface area contributed by atoms with Gasteiger partial charge in [-0.25, -0.2) is 0 Å². The summed E-state index contributed by atoms with van der Waals surface area (Å²) in [7, 11) is 0. The van der Waals surface area contributed by atoms with Crippen molar-refractivity contribution in [2.75, 3.05) is 11.5 Å². The van der Waals surface area contributed by atoms with Crippen LogP contribution < -0.4 is 16.2 Å². The predicted octanol–water partition coefficient (Wildman–Crippen LogP) is 3.16. The van der Waals surface area contributed by atoms with Crippen LogP contribution in [0.2, 0.25) is 0 Å². The highest BCUT2D eigenvalue weighted by molar-refractivity contribution is 5.59. The minimum absolute atomic E-state index is 0.287. The lowest BCUT2D eigenvalue weighted by molar-refractivity contribution is 0.455. The quantitative estimate of drug-likeness (QED) is 0.868. The van der Waals surface area contributed by atoms with Gasteiger partial charge in [0, 0.05) is 6.07 Å². The molecule has 0 spiro atoms. The number of anilines is 2. The number of pyridine rings is 1. The van der Waals surface area contributed by atoms with E-state index in [2.05, 4.69) is 18.8 Å². The monoisotopic (exact) mass is 243 g/mol. The molecule has 0 atom stereocenters. The topological polar surface area (TPSA) is 74.2 Å². The molecule has 0 radical (unpaired) electrons. The molecule has 2 rings (SSSR count). The highest BCUT2D eigenvalue weighted by Crippen LogP contribution is 2.30. The van der Waals surface area contributed by atoms with E-state index in [1.54, 1.807) is 12.1 Å². The van der Waals surface area contributed by atoms with E-state index >= 15 is 0 Å². The third kappa shape index (κ3) is 2.53. The van der Waals surface area contributed by atoms with Gasteiger partial charge in [0.05, 0.1) is 5.69 Å². The Morgan fingerprint density at radius 1 is 1.06 bits per heavy atom. The highest BCUT2D eigenvalue weighted by Gasteiger charge is 2.09. The van der Waals surface area contributed by atoms with Crippen LogP contribution in [0, 0.1) is 0 Å². The second-order valence-electron chi connectivity index (χ2n) is 4.42. The fraction of sp³-hybridized carbons (Fsp3) is 0.214. The smallest absolute Gasteiger partial charge is 0.221 e. The molecule has 0 bridgehead atoms. The number of nitrogens with zero attached hydrogens (tertiary/aromatic N) is 1. The lowest BCUT2D eigenvalue weighted by Gasteiger charge is -2.13. The van der Waals surface area contributed by atoms with Crippen molar-refractivity contribution in [1.82, 2.24) is 4.98 Å². The fourth-order valence-electron chi connectivity index (χ4n) is 1.69. The van der Waals surface area contributed by atoms with E-state index in [4.69, 9.17) is 16.2 Å². The average Bonchev–Trinajstić information content (AvgIpc) is 2.34. The zero-order chi connectivity index (χ0) is 13.1. The minimum Gasteiger partial charge on any atom is -0.439 e. The Labute approximate surface area is 107 Å². The van der Waals surface area contributed by atoms with E-state index in [0.717, 1.165) is 11.3 Å². The van der Waals surface area contributed by atoms with Gasteiger partial charge in [-0.15, -0.1) is 0 Å². The molecule has 0 unspecified atom stereocenters. The van der Waals surface area contributed by atoms with Gasteiger partial charge in [0.2, 0.25) is 5.88 Å². The van der Waals surface area contributed by atoms with E-state index in [1.807, 2.05) is 24.3 Å². The summed E-state index contributed by atoms with van der Waals surface area (Å²) in [5, 5.41) is 0. The van der Waals surface area contributed by atoms with Gasteiger partial charge in [0.25, 0.3) is 0 Å². The Kier molecular flexibility index (Phi) is 3.37. The average molecular weight is 243 g/mol. The summed E-state index contributed by atoms with van der Waals surface area (Å²) >= 11 is 0.